The second-order valence-corrected chi connectivity index (χ2v) is 8.46. The molecule has 1 unspecified atom stereocenters. The Bertz CT molecular complexity index is 1070. The molecular formula is C26H33FN6O. The first-order valence-electron chi connectivity index (χ1n) is 11.3. The molecule has 2 heterocycles. The molecule has 180 valence electrons. The zero-order valence-corrected chi connectivity index (χ0v) is 19.9. The van der Waals surface area contributed by atoms with Crippen LogP contribution in [0.2, 0.25) is 0 Å². The van der Waals surface area contributed by atoms with Crippen LogP contribution in [-0.4, -0.2) is 41.6 Å². The van der Waals surface area contributed by atoms with Gasteiger partial charge >= 0.3 is 0 Å². The molecule has 8 heteroatoms. The number of piperidine rings is 1. The first-order chi connectivity index (χ1) is 16.3. The first-order valence-corrected chi connectivity index (χ1v) is 11.3. The van der Waals surface area contributed by atoms with Gasteiger partial charge in [-0.2, -0.15) is 4.98 Å². The molecule has 3 N–H and O–H groups in total. The number of benzene rings is 1. The summed E-state index contributed by atoms with van der Waals surface area (Å²) in [4.78, 5) is 10.7. The van der Waals surface area contributed by atoms with Crippen molar-refractivity contribution in [2.45, 2.75) is 19.8 Å². The maximum atomic E-state index is 14.3. The van der Waals surface area contributed by atoms with Gasteiger partial charge in [-0.25, -0.2) is 9.37 Å². The lowest BCUT2D eigenvalue weighted by Crippen LogP contribution is -2.34. The van der Waals surface area contributed by atoms with Crippen LogP contribution in [0.4, 0.5) is 21.8 Å². The Morgan fingerprint density at radius 3 is 2.91 bits per heavy atom. The molecule has 0 aliphatic carbocycles. The van der Waals surface area contributed by atoms with Gasteiger partial charge in [-0.05, 0) is 57.6 Å². The average molecular weight is 465 g/mol. The molecule has 3 rings (SSSR count). The second-order valence-electron chi connectivity index (χ2n) is 8.46. The van der Waals surface area contributed by atoms with E-state index in [4.69, 9.17) is 4.74 Å². The number of nitrogens with zero attached hydrogens (tertiary/aromatic N) is 3. The number of hydrogen-bond acceptors (Lipinski definition) is 7. The molecule has 1 aromatic heterocycles. The fraction of sp³-hybridized carbons (Fsp3) is 0.308. The number of halogens is 1. The van der Waals surface area contributed by atoms with Gasteiger partial charge in [0, 0.05) is 41.3 Å². The molecule has 1 aromatic carbocycles. The van der Waals surface area contributed by atoms with Gasteiger partial charge in [0.15, 0.2) is 11.6 Å². The maximum Gasteiger partial charge on any atom is 0.229 e. The van der Waals surface area contributed by atoms with Gasteiger partial charge in [0.25, 0.3) is 0 Å². The van der Waals surface area contributed by atoms with Crippen molar-refractivity contribution in [3.63, 3.8) is 0 Å². The third-order valence-corrected chi connectivity index (χ3v) is 5.32. The summed E-state index contributed by atoms with van der Waals surface area (Å²) >= 11 is 0. The number of likely N-dealkylation sites (tertiary alicyclic amines) is 1. The fourth-order valence-electron chi connectivity index (χ4n) is 3.71. The number of hydrogen-bond donors (Lipinski definition) is 3. The molecule has 1 aliphatic rings. The van der Waals surface area contributed by atoms with E-state index in [-0.39, 0.29) is 11.8 Å². The van der Waals surface area contributed by atoms with Crippen LogP contribution < -0.4 is 20.7 Å². The van der Waals surface area contributed by atoms with Crippen molar-refractivity contribution in [3.05, 3.63) is 85.3 Å². The Morgan fingerprint density at radius 2 is 2.15 bits per heavy atom. The van der Waals surface area contributed by atoms with Crippen LogP contribution in [0.5, 0.6) is 5.75 Å². The number of rotatable bonds is 11. The minimum Gasteiger partial charge on any atom is -0.493 e. The molecule has 1 saturated heterocycles. The molecular weight excluding hydrogens is 431 g/mol. The largest absolute Gasteiger partial charge is 0.493 e. The summed E-state index contributed by atoms with van der Waals surface area (Å²) in [5, 5.41) is 9.02. The van der Waals surface area contributed by atoms with Crippen molar-refractivity contribution in [2.75, 3.05) is 37.4 Å². The van der Waals surface area contributed by atoms with Crippen LogP contribution in [0.25, 0.3) is 0 Å². The smallest absolute Gasteiger partial charge is 0.229 e. The number of allylic oxidation sites excluding steroid dienone is 3. The molecule has 0 bridgehead atoms. The van der Waals surface area contributed by atoms with E-state index in [9.17, 15) is 4.39 Å². The SMILES string of the molecule is C=CC(=C)NC(=C)/C=C(\C)Nc1nc(Nc2cccc(OCC3CCCN(C)C3)c2)ncc1F. The zero-order valence-electron chi connectivity index (χ0n) is 19.9. The van der Waals surface area contributed by atoms with Gasteiger partial charge in [-0.1, -0.05) is 25.8 Å². The lowest BCUT2D eigenvalue weighted by molar-refractivity contribution is 0.150. The number of anilines is 3. The minimum absolute atomic E-state index is 0.0513. The molecule has 7 nitrogen and oxygen atoms in total. The van der Waals surface area contributed by atoms with E-state index < -0.39 is 5.82 Å². The molecule has 34 heavy (non-hydrogen) atoms. The summed E-state index contributed by atoms with van der Waals surface area (Å²) in [5.74, 6) is 1.04. The summed E-state index contributed by atoms with van der Waals surface area (Å²) in [5.41, 5.74) is 2.59. The second kappa shape index (κ2) is 12.0. The van der Waals surface area contributed by atoms with Gasteiger partial charge in [0.1, 0.15) is 5.75 Å². The van der Waals surface area contributed by atoms with Crippen LogP contribution in [0.1, 0.15) is 19.8 Å². The van der Waals surface area contributed by atoms with Gasteiger partial charge in [-0.3, -0.25) is 0 Å². The molecule has 0 radical (unpaired) electrons. The van der Waals surface area contributed by atoms with Gasteiger partial charge in [0.2, 0.25) is 5.95 Å². The monoisotopic (exact) mass is 464 g/mol. The van der Waals surface area contributed by atoms with E-state index in [1.165, 1.54) is 12.8 Å². The van der Waals surface area contributed by atoms with Crippen LogP contribution in [0.3, 0.4) is 0 Å². The van der Waals surface area contributed by atoms with Crippen LogP contribution in [0.15, 0.2) is 79.4 Å². The zero-order chi connectivity index (χ0) is 24.5. The highest BCUT2D eigenvalue weighted by Crippen LogP contribution is 2.23. The van der Waals surface area contributed by atoms with E-state index in [1.807, 2.05) is 24.3 Å². The van der Waals surface area contributed by atoms with E-state index >= 15 is 0 Å². The van der Waals surface area contributed by atoms with E-state index in [2.05, 4.69) is 57.6 Å². The Balaban J connectivity index is 1.62. The van der Waals surface area contributed by atoms with Crippen molar-refractivity contribution in [1.82, 2.24) is 20.2 Å². The molecule has 2 aromatic rings. The van der Waals surface area contributed by atoms with E-state index in [0.717, 1.165) is 30.7 Å². The molecule has 0 saturated carbocycles. The standard InChI is InChI=1S/C26H33FN6O/c1-6-18(2)29-19(3)13-20(4)30-25-24(27)15-28-26(32-25)31-22-10-7-11-23(14-22)34-17-21-9-8-12-33(5)16-21/h6-7,10-11,13-15,21,29H,1-3,8-9,12,16-17H2,4-5H3,(H2,28,30,31,32)/b20-13+. The summed E-state index contributed by atoms with van der Waals surface area (Å²) in [6.07, 6.45) is 6.81. The minimum atomic E-state index is -0.568. The Morgan fingerprint density at radius 1 is 1.32 bits per heavy atom. The highest BCUT2D eigenvalue weighted by atomic mass is 19.1. The van der Waals surface area contributed by atoms with Crippen LogP contribution in [0, 0.1) is 11.7 Å². The molecule has 0 spiro atoms. The van der Waals surface area contributed by atoms with Gasteiger partial charge < -0.3 is 25.6 Å². The van der Waals surface area contributed by atoms with Crippen molar-refractivity contribution in [3.8, 4) is 5.75 Å². The van der Waals surface area contributed by atoms with Crippen LogP contribution >= 0.6 is 0 Å². The Kier molecular flexibility index (Phi) is 8.81. The Labute approximate surface area is 201 Å². The Hall–Kier alpha value is -3.65. The lowest BCUT2D eigenvalue weighted by Gasteiger charge is -2.29. The predicted octanol–water partition coefficient (Wildman–Crippen LogP) is 5.20. The van der Waals surface area contributed by atoms with E-state index in [0.29, 0.717) is 29.6 Å². The molecule has 1 aliphatic heterocycles. The maximum absolute atomic E-state index is 14.3. The van der Waals surface area contributed by atoms with Crippen molar-refractivity contribution >= 4 is 17.5 Å². The summed E-state index contributed by atoms with van der Waals surface area (Å²) in [7, 11) is 2.15. The molecule has 1 fully saturated rings. The summed E-state index contributed by atoms with van der Waals surface area (Å²) in [6, 6.07) is 7.59. The van der Waals surface area contributed by atoms with Crippen molar-refractivity contribution in [1.29, 1.82) is 0 Å². The molecule has 0 amide bonds. The lowest BCUT2D eigenvalue weighted by atomic mass is 10.00. The normalized spacial score (nSPS) is 16.4. The predicted molar refractivity (Wildman–Crippen MR) is 136 cm³/mol. The van der Waals surface area contributed by atoms with Crippen molar-refractivity contribution in [2.24, 2.45) is 5.92 Å². The molecule has 1 atom stereocenters. The third-order valence-electron chi connectivity index (χ3n) is 5.32. The summed E-state index contributed by atoms with van der Waals surface area (Å²) < 4.78 is 20.3. The van der Waals surface area contributed by atoms with E-state index in [1.54, 1.807) is 19.1 Å². The first kappa shape index (κ1) is 25.0. The number of ether oxygens (including phenoxy) is 1. The summed E-state index contributed by atoms with van der Waals surface area (Å²) in [6.45, 7) is 16.0. The van der Waals surface area contributed by atoms with Gasteiger partial charge in [-0.15, -0.1) is 0 Å². The van der Waals surface area contributed by atoms with Crippen LogP contribution in [-0.2, 0) is 0 Å². The highest BCUT2D eigenvalue weighted by molar-refractivity contribution is 5.57. The fourth-order valence-corrected chi connectivity index (χ4v) is 3.71. The number of nitrogens with one attached hydrogen (secondary N) is 3. The average Bonchev–Trinajstić information content (AvgIpc) is 2.80. The third kappa shape index (κ3) is 7.74. The number of aromatic nitrogens is 2. The highest BCUT2D eigenvalue weighted by Gasteiger charge is 2.17. The van der Waals surface area contributed by atoms with Crippen molar-refractivity contribution < 1.29 is 9.13 Å². The van der Waals surface area contributed by atoms with Gasteiger partial charge in [0.05, 0.1) is 12.8 Å². The quantitative estimate of drug-likeness (QED) is 0.395. The topological polar surface area (TPSA) is 74.3 Å².